The van der Waals surface area contributed by atoms with Crippen molar-refractivity contribution in [2.24, 2.45) is 0 Å². The maximum atomic E-state index is 13.1. The van der Waals surface area contributed by atoms with Crippen LogP contribution in [0.4, 0.5) is 4.39 Å². The molecule has 94 valence electrons. The van der Waals surface area contributed by atoms with Crippen LogP contribution in [0.1, 0.15) is 20.8 Å². The monoisotopic (exact) mass is 256 g/mol. The zero-order chi connectivity index (χ0) is 13.1. The second-order valence-corrected chi connectivity index (χ2v) is 5.43. The van der Waals surface area contributed by atoms with E-state index in [1.54, 1.807) is 6.07 Å². The Kier molecular flexibility index (Phi) is 4.53. The van der Waals surface area contributed by atoms with Gasteiger partial charge in [-0.25, -0.2) is 4.39 Å². The Morgan fingerprint density at radius 3 is 2.53 bits per heavy atom. The van der Waals surface area contributed by atoms with Crippen molar-refractivity contribution >= 4 is 14.5 Å². The quantitative estimate of drug-likeness (QED) is 0.609. The smallest absolute Gasteiger partial charge is 0.145 e. The fourth-order valence-corrected chi connectivity index (χ4v) is 1.62. The van der Waals surface area contributed by atoms with Crippen LogP contribution in [-0.2, 0) is 4.74 Å². The summed E-state index contributed by atoms with van der Waals surface area (Å²) in [6, 6.07) is 4.48. The Morgan fingerprint density at radius 1 is 1.35 bits per heavy atom. The molecule has 0 aromatic heterocycles. The van der Waals surface area contributed by atoms with E-state index in [1.807, 2.05) is 20.8 Å². The molecule has 0 saturated heterocycles. The summed E-state index contributed by atoms with van der Waals surface area (Å²) in [4.78, 5) is 0. The Bertz CT molecular complexity index is 390. The minimum atomic E-state index is -0.324. The zero-order valence-electron chi connectivity index (χ0n) is 10.4. The maximum absolute atomic E-state index is 13.1. The van der Waals surface area contributed by atoms with Gasteiger partial charge in [-0.3, -0.25) is 0 Å². The van der Waals surface area contributed by atoms with Crippen molar-refractivity contribution in [1.29, 1.82) is 0 Å². The Balaban J connectivity index is 2.53. The molecular weight excluding hydrogens is 238 g/mol. The number of hydrogen-bond donors (Lipinski definition) is 0. The van der Waals surface area contributed by atoms with Gasteiger partial charge in [0.1, 0.15) is 29.5 Å². The molecular formula is C13H18FO2P. The molecule has 0 amide bonds. The summed E-state index contributed by atoms with van der Waals surface area (Å²) in [6.45, 7) is 9.76. The lowest BCUT2D eigenvalue weighted by Crippen LogP contribution is -2.20. The van der Waals surface area contributed by atoms with Crippen molar-refractivity contribution < 1.29 is 13.9 Å². The van der Waals surface area contributed by atoms with Crippen molar-refractivity contribution in [3.8, 4) is 5.75 Å². The van der Waals surface area contributed by atoms with Gasteiger partial charge in [-0.15, -0.1) is 9.24 Å². The van der Waals surface area contributed by atoms with E-state index in [0.29, 0.717) is 11.5 Å². The van der Waals surface area contributed by atoms with E-state index in [0.717, 1.165) is 5.30 Å². The average Bonchev–Trinajstić information content (AvgIpc) is 2.10. The first kappa shape index (κ1) is 14.0. The van der Waals surface area contributed by atoms with Gasteiger partial charge in [0.05, 0.1) is 0 Å². The van der Waals surface area contributed by atoms with E-state index in [-0.39, 0.29) is 18.0 Å². The van der Waals surface area contributed by atoms with Crippen LogP contribution in [0.5, 0.6) is 5.75 Å². The van der Waals surface area contributed by atoms with E-state index >= 15 is 0 Å². The lowest BCUT2D eigenvalue weighted by molar-refractivity contribution is 0.0373. The fourth-order valence-electron chi connectivity index (χ4n) is 1.29. The summed E-state index contributed by atoms with van der Waals surface area (Å²) in [7, 11) is 2.43. The lowest BCUT2D eigenvalue weighted by Gasteiger charge is -2.22. The van der Waals surface area contributed by atoms with Gasteiger partial charge in [-0.1, -0.05) is 6.58 Å². The fraction of sp³-hybridized carbons (Fsp3) is 0.385. The molecule has 1 unspecified atom stereocenters. The molecule has 0 radical (unpaired) electrons. The molecule has 0 aliphatic heterocycles. The summed E-state index contributed by atoms with van der Waals surface area (Å²) in [6.07, 6.45) is 0. The number of hydrogen-bond acceptors (Lipinski definition) is 2. The molecule has 4 heteroatoms. The summed E-state index contributed by atoms with van der Waals surface area (Å²) in [5.74, 6) is 0.663. The highest BCUT2D eigenvalue weighted by Crippen LogP contribution is 2.16. The van der Waals surface area contributed by atoms with Crippen LogP contribution in [0.15, 0.2) is 30.5 Å². The number of rotatable bonds is 4. The molecule has 0 N–H and O–H groups in total. The highest BCUT2D eigenvalue weighted by Gasteiger charge is 2.12. The van der Waals surface area contributed by atoms with Gasteiger partial charge in [-0.2, -0.15) is 0 Å². The molecule has 0 aliphatic rings. The first-order valence-electron chi connectivity index (χ1n) is 5.32. The molecule has 0 saturated carbocycles. The SMILES string of the molecule is C=C(COc1cc(F)cc(P)c1)OC(C)(C)C. The van der Waals surface area contributed by atoms with Gasteiger partial charge in [-0.05, 0) is 38.2 Å². The standard InChI is InChI=1S/C13H18FO2P/c1-9(16-13(2,3)4)8-15-11-5-10(14)6-12(17)7-11/h5-7H,1,8,17H2,2-4H3. The van der Waals surface area contributed by atoms with E-state index in [4.69, 9.17) is 9.47 Å². The van der Waals surface area contributed by atoms with Crippen LogP contribution in [0.3, 0.4) is 0 Å². The van der Waals surface area contributed by atoms with Gasteiger partial charge in [0.15, 0.2) is 0 Å². The highest BCUT2D eigenvalue weighted by atomic mass is 31.0. The largest absolute Gasteiger partial charge is 0.489 e. The molecule has 0 spiro atoms. The molecule has 1 rings (SSSR count). The van der Waals surface area contributed by atoms with Crippen LogP contribution >= 0.6 is 9.24 Å². The van der Waals surface area contributed by atoms with Crippen molar-refractivity contribution in [3.05, 3.63) is 36.4 Å². The van der Waals surface area contributed by atoms with E-state index in [2.05, 4.69) is 15.8 Å². The number of halogens is 1. The van der Waals surface area contributed by atoms with Gasteiger partial charge >= 0.3 is 0 Å². The molecule has 2 nitrogen and oxygen atoms in total. The Morgan fingerprint density at radius 2 is 2.00 bits per heavy atom. The normalized spacial score (nSPS) is 11.1. The van der Waals surface area contributed by atoms with Gasteiger partial charge < -0.3 is 9.47 Å². The molecule has 1 aromatic rings. The third-order valence-electron chi connectivity index (χ3n) is 1.74. The first-order chi connectivity index (χ1) is 7.76. The predicted octanol–water partition coefficient (Wildman–Crippen LogP) is 3.03. The number of ether oxygens (including phenoxy) is 2. The van der Waals surface area contributed by atoms with Crippen LogP contribution < -0.4 is 10.0 Å². The predicted molar refractivity (Wildman–Crippen MR) is 71.2 cm³/mol. The average molecular weight is 256 g/mol. The zero-order valence-corrected chi connectivity index (χ0v) is 11.6. The van der Waals surface area contributed by atoms with E-state index in [1.165, 1.54) is 12.1 Å². The minimum Gasteiger partial charge on any atom is -0.489 e. The second kappa shape index (κ2) is 5.50. The van der Waals surface area contributed by atoms with Crippen molar-refractivity contribution in [2.45, 2.75) is 26.4 Å². The van der Waals surface area contributed by atoms with Crippen LogP contribution in [0, 0.1) is 5.82 Å². The van der Waals surface area contributed by atoms with E-state index in [9.17, 15) is 4.39 Å². The summed E-state index contributed by atoms with van der Waals surface area (Å²) in [5.41, 5.74) is -0.297. The van der Waals surface area contributed by atoms with Crippen LogP contribution in [0.25, 0.3) is 0 Å². The second-order valence-electron chi connectivity index (χ2n) is 4.76. The molecule has 0 fully saturated rings. The maximum Gasteiger partial charge on any atom is 0.145 e. The van der Waals surface area contributed by atoms with Crippen LogP contribution in [0.2, 0.25) is 0 Å². The van der Waals surface area contributed by atoms with Crippen molar-refractivity contribution in [2.75, 3.05) is 6.61 Å². The molecule has 0 heterocycles. The molecule has 0 aliphatic carbocycles. The third kappa shape index (κ3) is 5.69. The van der Waals surface area contributed by atoms with Crippen molar-refractivity contribution in [1.82, 2.24) is 0 Å². The van der Waals surface area contributed by atoms with Crippen molar-refractivity contribution in [3.63, 3.8) is 0 Å². The van der Waals surface area contributed by atoms with Crippen LogP contribution in [-0.4, -0.2) is 12.2 Å². The molecule has 1 atom stereocenters. The summed E-state index contributed by atoms with van der Waals surface area (Å²) in [5, 5.41) is 0.738. The minimum absolute atomic E-state index is 0.213. The lowest BCUT2D eigenvalue weighted by atomic mass is 10.2. The molecule has 1 aromatic carbocycles. The van der Waals surface area contributed by atoms with Gasteiger partial charge in [0.2, 0.25) is 0 Å². The number of benzene rings is 1. The first-order valence-corrected chi connectivity index (χ1v) is 5.90. The van der Waals surface area contributed by atoms with E-state index < -0.39 is 0 Å². The molecule has 0 bridgehead atoms. The van der Waals surface area contributed by atoms with Gasteiger partial charge in [0.25, 0.3) is 0 Å². The topological polar surface area (TPSA) is 18.5 Å². The van der Waals surface area contributed by atoms with Gasteiger partial charge in [0, 0.05) is 6.07 Å². The highest BCUT2D eigenvalue weighted by molar-refractivity contribution is 7.27. The third-order valence-corrected chi connectivity index (χ3v) is 2.08. The summed E-state index contributed by atoms with van der Waals surface area (Å²) < 4.78 is 24.0. The Hall–Kier alpha value is -1.08. The molecule has 17 heavy (non-hydrogen) atoms. The Labute approximate surface area is 104 Å². The summed E-state index contributed by atoms with van der Waals surface area (Å²) >= 11 is 0.